The van der Waals surface area contributed by atoms with Gasteiger partial charge in [0.2, 0.25) is 0 Å². The first-order chi connectivity index (χ1) is 8.17. The summed E-state index contributed by atoms with van der Waals surface area (Å²) >= 11 is 0. The number of rotatable bonds is 5. The zero-order valence-corrected chi connectivity index (χ0v) is 13.8. The predicted molar refractivity (Wildman–Crippen MR) is 79.0 cm³/mol. The van der Waals surface area contributed by atoms with E-state index in [2.05, 4.69) is 40.4 Å². The van der Waals surface area contributed by atoms with Crippen LogP contribution in [0.15, 0.2) is 12.7 Å². The van der Waals surface area contributed by atoms with Crippen LogP contribution in [0.5, 0.6) is 0 Å². The Hall–Kier alpha value is -0.163. The van der Waals surface area contributed by atoms with Gasteiger partial charge in [0.05, 0.1) is 18.8 Å². The molecule has 0 saturated carbocycles. The van der Waals surface area contributed by atoms with Crippen LogP contribution in [-0.4, -0.2) is 39.2 Å². The summed E-state index contributed by atoms with van der Waals surface area (Å²) in [5, 5.41) is 2.23. The van der Waals surface area contributed by atoms with Gasteiger partial charge in [0.15, 0.2) is 8.32 Å². The van der Waals surface area contributed by atoms with E-state index in [4.69, 9.17) is 9.26 Å². The highest BCUT2D eigenvalue weighted by atomic mass is 28.4. The molecule has 0 aliphatic carbocycles. The molecule has 1 aliphatic heterocycles. The van der Waals surface area contributed by atoms with Gasteiger partial charge in [0.25, 0.3) is 0 Å². The molecule has 0 bridgehead atoms. The molecule has 1 aliphatic rings. The number of hydrogen-bond donors (Lipinski definition) is 0. The van der Waals surface area contributed by atoms with Crippen LogP contribution in [0.4, 0.5) is 0 Å². The quantitative estimate of drug-likeness (QED) is 0.563. The standard InChI is InChI=1S/C14H29NO2Si/c1-8-9-13-10-12(15(5)17-13)11-16-18(6,7)14(2,3)4/h8,12-13H,1,9-11H2,2-7H3/t12-,13+/m1/s1. The second kappa shape index (κ2) is 5.86. The van der Waals surface area contributed by atoms with E-state index in [0.717, 1.165) is 19.4 Å². The van der Waals surface area contributed by atoms with Gasteiger partial charge in [-0.15, -0.1) is 6.58 Å². The molecule has 0 spiro atoms. The zero-order chi connectivity index (χ0) is 14.0. The predicted octanol–water partition coefficient (Wildman–Crippen LogP) is 3.59. The molecule has 1 saturated heterocycles. The summed E-state index contributed by atoms with van der Waals surface area (Å²) in [6.45, 7) is 16.0. The molecule has 106 valence electrons. The second-order valence-corrected chi connectivity index (χ2v) is 11.6. The molecule has 1 heterocycles. The van der Waals surface area contributed by atoms with Crippen molar-refractivity contribution in [2.24, 2.45) is 0 Å². The molecule has 3 nitrogen and oxygen atoms in total. The second-order valence-electron chi connectivity index (χ2n) is 6.76. The summed E-state index contributed by atoms with van der Waals surface area (Å²) in [6, 6.07) is 0.379. The smallest absolute Gasteiger partial charge is 0.192 e. The Morgan fingerprint density at radius 2 is 2.06 bits per heavy atom. The van der Waals surface area contributed by atoms with Crippen LogP contribution in [0, 0.1) is 0 Å². The summed E-state index contributed by atoms with van der Waals surface area (Å²) in [6.07, 6.45) is 4.16. The van der Waals surface area contributed by atoms with Crippen LogP contribution in [0.3, 0.4) is 0 Å². The van der Waals surface area contributed by atoms with Gasteiger partial charge in [-0.3, -0.25) is 4.84 Å². The summed E-state index contributed by atoms with van der Waals surface area (Å²) in [4.78, 5) is 5.76. The first-order valence-electron chi connectivity index (χ1n) is 6.82. The summed E-state index contributed by atoms with van der Waals surface area (Å²) in [5.41, 5.74) is 0. The van der Waals surface area contributed by atoms with Crippen LogP contribution < -0.4 is 0 Å². The van der Waals surface area contributed by atoms with Crippen molar-refractivity contribution in [2.45, 2.75) is 63.9 Å². The molecular formula is C14H29NO2Si. The first kappa shape index (κ1) is 15.9. The summed E-state index contributed by atoms with van der Waals surface area (Å²) < 4.78 is 6.27. The lowest BCUT2D eigenvalue weighted by molar-refractivity contribution is -0.146. The molecule has 1 rings (SSSR count). The van der Waals surface area contributed by atoms with Crippen molar-refractivity contribution in [1.82, 2.24) is 5.06 Å². The highest BCUT2D eigenvalue weighted by molar-refractivity contribution is 6.74. The van der Waals surface area contributed by atoms with Gasteiger partial charge < -0.3 is 4.43 Å². The van der Waals surface area contributed by atoms with Crippen molar-refractivity contribution < 1.29 is 9.26 Å². The maximum Gasteiger partial charge on any atom is 0.192 e. The molecular weight excluding hydrogens is 242 g/mol. The molecule has 0 radical (unpaired) electrons. The van der Waals surface area contributed by atoms with Crippen molar-refractivity contribution >= 4 is 8.32 Å². The Labute approximate surface area is 113 Å². The molecule has 18 heavy (non-hydrogen) atoms. The minimum atomic E-state index is -1.64. The third kappa shape index (κ3) is 3.92. The molecule has 4 heteroatoms. The van der Waals surface area contributed by atoms with Crippen molar-refractivity contribution in [3.63, 3.8) is 0 Å². The van der Waals surface area contributed by atoms with Crippen LogP contribution in [0.2, 0.25) is 18.1 Å². The van der Waals surface area contributed by atoms with E-state index in [-0.39, 0.29) is 11.1 Å². The molecule has 0 amide bonds. The lowest BCUT2D eigenvalue weighted by atomic mass is 10.1. The Morgan fingerprint density at radius 1 is 1.44 bits per heavy atom. The monoisotopic (exact) mass is 271 g/mol. The Kier molecular flexibility index (Phi) is 5.18. The highest BCUT2D eigenvalue weighted by Crippen LogP contribution is 2.37. The lowest BCUT2D eigenvalue weighted by Crippen LogP contribution is -2.44. The van der Waals surface area contributed by atoms with Crippen molar-refractivity contribution in [1.29, 1.82) is 0 Å². The average molecular weight is 271 g/mol. The van der Waals surface area contributed by atoms with Crippen LogP contribution in [-0.2, 0) is 9.26 Å². The number of likely N-dealkylation sites (N-methyl/N-ethyl adjacent to an activating group) is 1. The maximum atomic E-state index is 6.27. The third-order valence-corrected chi connectivity index (χ3v) is 8.74. The minimum Gasteiger partial charge on any atom is -0.415 e. The van der Waals surface area contributed by atoms with E-state index in [1.165, 1.54) is 0 Å². The largest absolute Gasteiger partial charge is 0.415 e. The Morgan fingerprint density at radius 3 is 2.56 bits per heavy atom. The number of hydrogen-bond acceptors (Lipinski definition) is 3. The normalized spacial score (nSPS) is 26.6. The zero-order valence-electron chi connectivity index (χ0n) is 12.8. The highest BCUT2D eigenvalue weighted by Gasteiger charge is 2.39. The van der Waals surface area contributed by atoms with Gasteiger partial charge in [0.1, 0.15) is 0 Å². The molecule has 0 aromatic heterocycles. The first-order valence-corrected chi connectivity index (χ1v) is 9.72. The summed E-state index contributed by atoms with van der Waals surface area (Å²) in [5.74, 6) is 0. The molecule has 1 fully saturated rings. The van der Waals surface area contributed by atoms with Gasteiger partial charge in [-0.2, -0.15) is 5.06 Å². The van der Waals surface area contributed by atoms with E-state index < -0.39 is 8.32 Å². The van der Waals surface area contributed by atoms with Crippen molar-refractivity contribution in [3.8, 4) is 0 Å². The SMILES string of the molecule is C=CC[C@H]1C[C@H](CO[Si](C)(C)C(C)(C)C)N(C)O1. The fourth-order valence-corrected chi connectivity index (χ4v) is 2.88. The van der Waals surface area contributed by atoms with Crippen LogP contribution in [0.1, 0.15) is 33.6 Å². The van der Waals surface area contributed by atoms with Crippen LogP contribution >= 0.6 is 0 Å². The van der Waals surface area contributed by atoms with Crippen molar-refractivity contribution in [2.75, 3.05) is 13.7 Å². The van der Waals surface area contributed by atoms with E-state index in [1.54, 1.807) is 0 Å². The molecule has 0 N–H and O–H groups in total. The van der Waals surface area contributed by atoms with E-state index in [0.29, 0.717) is 6.04 Å². The maximum absolute atomic E-state index is 6.27. The topological polar surface area (TPSA) is 21.7 Å². The Bertz CT molecular complexity index is 286. The fourth-order valence-electron chi connectivity index (χ4n) is 1.84. The van der Waals surface area contributed by atoms with E-state index >= 15 is 0 Å². The minimum absolute atomic E-state index is 0.269. The van der Waals surface area contributed by atoms with Crippen molar-refractivity contribution in [3.05, 3.63) is 12.7 Å². The van der Waals surface area contributed by atoms with Gasteiger partial charge in [-0.25, -0.2) is 0 Å². The summed E-state index contributed by atoms with van der Waals surface area (Å²) in [7, 11) is 0.358. The van der Waals surface area contributed by atoms with Crippen LogP contribution in [0.25, 0.3) is 0 Å². The fraction of sp³-hybridized carbons (Fsp3) is 0.857. The molecule has 0 aromatic rings. The Balaban J connectivity index is 2.47. The molecule has 0 unspecified atom stereocenters. The van der Waals surface area contributed by atoms with E-state index in [1.807, 2.05) is 18.2 Å². The van der Waals surface area contributed by atoms with E-state index in [9.17, 15) is 0 Å². The number of hydroxylamine groups is 2. The van der Waals surface area contributed by atoms with Gasteiger partial charge in [0, 0.05) is 7.05 Å². The lowest BCUT2D eigenvalue weighted by Gasteiger charge is -2.37. The number of nitrogens with zero attached hydrogens (tertiary/aromatic N) is 1. The third-order valence-electron chi connectivity index (χ3n) is 4.24. The molecule has 2 atom stereocenters. The van der Waals surface area contributed by atoms with Gasteiger partial charge in [-0.1, -0.05) is 26.8 Å². The molecule has 0 aromatic carbocycles. The average Bonchev–Trinajstić information content (AvgIpc) is 2.55. The van der Waals surface area contributed by atoms with Gasteiger partial charge >= 0.3 is 0 Å². The van der Waals surface area contributed by atoms with Gasteiger partial charge in [-0.05, 0) is 31.0 Å².